The molecule has 1 saturated carbocycles. The summed E-state index contributed by atoms with van der Waals surface area (Å²) in [6.07, 6.45) is 6.04. The number of fused-ring (bicyclic) bond motifs is 2. The molecule has 2 fully saturated rings. The van der Waals surface area contributed by atoms with Gasteiger partial charge in [0.25, 0.3) is 0 Å². The highest BCUT2D eigenvalue weighted by Gasteiger charge is 2.51. The fraction of sp³-hybridized carbons (Fsp3) is 0.667. The molecule has 7 nitrogen and oxygen atoms in total. The largest absolute Gasteiger partial charge is 0.486 e. The molecule has 3 atom stereocenters. The van der Waals surface area contributed by atoms with E-state index in [1.54, 1.807) is 12.1 Å². The highest BCUT2D eigenvalue weighted by molar-refractivity contribution is 7.89. The van der Waals surface area contributed by atoms with Gasteiger partial charge in [-0.05, 0) is 43.7 Å². The van der Waals surface area contributed by atoms with Crippen LogP contribution in [0.1, 0.15) is 51.9 Å². The Balaban J connectivity index is 1.65. The van der Waals surface area contributed by atoms with Crippen LogP contribution in [0.5, 0.6) is 11.5 Å². The molecule has 1 aromatic rings. The Kier molecular flexibility index (Phi) is 6.01. The number of carbonyl (C=O) groups is 1. The van der Waals surface area contributed by atoms with E-state index in [0.717, 1.165) is 38.5 Å². The molecule has 1 aliphatic carbocycles. The highest BCUT2D eigenvalue weighted by atomic mass is 32.2. The number of unbranched alkanes of at least 4 members (excludes halogenated alkanes) is 1. The average Bonchev–Trinajstić information content (AvgIpc) is 3.14. The van der Waals surface area contributed by atoms with Crippen molar-refractivity contribution in [2.75, 3.05) is 19.8 Å². The number of rotatable bonds is 6. The Morgan fingerprint density at radius 1 is 1.17 bits per heavy atom. The van der Waals surface area contributed by atoms with Crippen LogP contribution in [0.2, 0.25) is 0 Å². The lowest BCUT2D eigenvalue weighted by Gasteiger charge is -2.32. The van der Waals surface area contributed by atoms with Crippen molar-refractivity contribution >= 4 is 16.0 Å². The zero-order valence-electron chi connectivity index (χ0n) is 16.8. The third-order valence-electron chi connectivity index (χ3n) is 6.13. The summed E-state index contributed by atoms with van der Waals surface area (Å²) in [5.74, 6) is 0.759. The van der Waals surface area contributed by atoms with Gasteiger partial charge in [-0.15, -0.1) is 0 Å². The molecule has 1 aromatic carbocycles. The van der Waals surface area contributed by atoms with Crippen LogP contribution in [0.15, 0.2) is 23.1 Å². The Labute approximate surface area is 172 Å². The fourth-order valence-electron chi connectivity index (χ4n) is 4.68. The van der Waals surface area contributed by atoms with Crippen molar-refractivity contribution in [3.05, 3.63) is 18.2 Å². The third-order valence-corrected chi connectivity index (χ3v) is 8.06. The van der Waals surface area contributed by atoms with Crippen molar-refractivity contribution in [3.63, 3.8) is 0 Å². The van der Waals surface area contributed by atoms with Crippen LogP contribution < -0.4 is 9.47 Å². The second kappa shape index (κ2) is 8.52. The smallest absolute Gasteiger partial charge is 0.324 e. The fourth-order valence-corrected chi connectivity index (χ4v) is 6.57. The van der Waals surface area contributed by atoms with Gasteiger partial charge in [-0.1, -0.05) is 26.2 Å². The van der Waals surface area contributed by atoms with Crippen molar-refractivity contribution < 1.29 is 27.4 Å². The van der Waals surface area contributed by atoms with E-state index >= 15 is 0 Å². The van der Waals surface area contributed by atoms with Crippen molar-refractivity contribution in [1.82, 2.24) is 4.31 Å². The summed E-state index contributed by atoms with van der Waals surface area (Å²) in [5, 5.41) is 0. The van der Waals surface area contributed by atoms with Crippen molar-refractivity contribution in [3.8, 4) is 11.5 Å². The number of esters is 1. The molecule has 3 aliphatic rings. The van der Waals surface area contributed by atoms with Gasteiger partial charge in [0.1, 0.15) is 19.3 Å². The van der Waals surface area contributed by atoms with Gasteiger partial charge in [-0.25, -0.2) is 8.42 Å². The lowest BCUT2D eigenvalue weighted by atomic mass is 9.85. The Bertz CT molecular complexity index is 855. The molecular formula is C21H29NO6S. The molecule has 29 heavy (non-hydrogen) atoms. The molecule has 0 unspecified atom stereocenters. The highest BCUT2D eigenvalue weighted by Crippen LogP contribution is 2.44. The SMILES string of the molecule is CCCCOC(=O)[C@@H]1C[C@H]2CCCC[C@H]2N1S(=O)(=O)c1ccc2c(c1)OCCO2. The van der Waals surface area contributed by atoms with Crippen LogP contribution in [0.25, 0.3) is 0 Å². The van der Waals surface area contributed by atoms with Crippen LogP contribution in [-0.2, 0) is 19.6 Å². The van der Waals surface area contributed by atoms with Gasteiger partial charge in [0.2, 0.25) is 10.0 Å². The summed E-state index contributed by atoms with van der Waals surface area (Å²) < 4.78 is 45.2. The molecule has 0 spiro atoms. The first-order valence-corrected chi connectivity index (χ1v) is 12.1. The van der Waals surface area contributed by atoms with E-state index in [1.165, 1.54) is 10.4 Å². The van der Waals surface area contributed by atoms with Gasteiger partial charge in [0.05, 0.1) is 11.5 Å². The molecule has 0 aromatic heterocycles. The zero-order chi connectivity index (χ0) is 20.4. The first-order chi connectivity index (χ1) is 14.0. The summed E-state index contributed by atoms with van der Waals surface area (Å²) in [5.41, 5.74) is 0. The zero-order valence-corrected chi connectivity index (χ0v) is 17.7. The molecule has 0 N–H and O–H groups in total. The topological polar surface area (TPSA) is 82.1 Å². The van der Waals surface area contributed by atoms with Gasteiger partial charge < -0.3 is 14.2 Å². The van der Waals surface area contributed by atoms with Crippen LogP contribution in [0.3, 0.4) is 0 Å². The molecule has 0 bridgehead atoms. The Morgan fingerprint density at radius 2 is 1.93 bits per heavy atom. The first kappa shape index (κ1) is 20.5. The Morgan fingerprint density at radius 3 is 2.72 bits per heavy atom. The second-order valence-electron chi connectivity index (χ2n) is 8.02. The van der Waals surface area contributed by atoms with E-state index in [4.69, 9.17) is 14.2 Å². The number of ether oxygens (including phenoxy) is 3. The lowest BCUT2D eigenvalue weighted by molar-refractivity contribution is -0.147. The van der Waals surface area contributed by atoms with Gasteiger partial charge in [0, 0.05) is 12.1 Å². The van der Waals surface area contributed by atoms with Gasteiger partial charge in [-0.2, -0.15) is 4.31 Å². The monoisotopic (exact) mass is 423 g/mol. The summed E-state index contributed by atoms with van der Waals surface area (Å²) in [6.45, 7) is 3.19. The van der Waals surface area contributed by atoms with E-state index in [9.17, 15) is 13.2 Å². The molecule has 1 saturated heterocycles. The van der Waals surface area contributed by atoms with Gasteiger partial charge in [-0.3, -0.25) is 4.79 Å². The van der Waals surface area contributed by atoms with Gasteiger partial charge >= 0.3 is 5.97 Å². The molecule has 4 rings (SSSR count). The van der Waals surface area contributed by atoms with Crippen molar-refractivity contribution in [1.29, 1.82) is 0 Å². The lowest BCUT2D eigenvalue weighted by Crippen LogP contribution is -2.46. The standard InChI is InChI=1S/C21H29NO6S/c1-2-3-10-28-21(23)18-13-15-6-4-5-7-17(15)22(18)29(24,25)16-8-9-19-20(14-16)27-12-11-26-19/h8-9,14-15,17-18H,2-7,10-13H2,1H3/t15-,17-,18+/m1/s1. The second-order valence-corrected chi connectivity index (χ2v) is 9.87. The minimum Gasteiger partial charge on any atom is -0.486 e. The summed E-state index contributed by atoms with van der Waals surface area (Å²) >= 11 is 0. The maximum Gasteiger partial charge on any atom is 0.324 e. The van der Waals surface area contributed by atoms with E-state index in [2.05, 4.69) is 0 Å². The predicted octanol–water partition coefficient (Wildman–Crippen LogP) is 3.12. The van der Waals surface area contributed by atoms with E-state index in [0.29, 0.717) is 37.7 Å². The first-order valence-electron chi connectivity index (χ1n) is 10.6. The van der Waals surface area contributed by atoms with Crippen LogP contribution in [0.4, 0.5) is 0 Å². The molecule has 2 heterocycles. The number of sulfonamides is 1. The van der Waals surface area contributed by atoms with Gasteiger partial charge in [0.15, 0.2) is 11.5 Å². The summed E-state index contributed by atoms with van der Waals surface area (Å²) in [6, 6.07) is 3.78. The number of benzene rings is 1. The number of nitrogens with zero attached hydrogens (tertiary/aromatic N) is 1. The number of carbonyl (C=O) groups excluding carboxylic acids is 1. The van der Waals surface area contributed by atoms with E-state index in [-0.39, 0.29) is 16.9 Å². The maximum atomic E-state index is 13.6. The minimum atomic E-state index is -3.87. The van der Waals surface area contributed by atoms with Crippen LogP contribution in [0, 0.1) is 5.92 Å². The summed E-state index contributed by atoms with van der Waals surface area (Å²) in [7, 11) is -3.87. The van der Waals surface area contributed by atoms with Crippen LogP contribution >= 0.6 is 0 Å². The predicted molar refractivity (Wildman–Crippen MR) is 106 cm³/mol. The molecule has 0 amide bonds. The maximum absolute atomic E-state index is 13.6. The average molecular weight is 424 g/mol. The minimum absolute atomic E-state index is 0.138. The molecule has 160 valence electrons. The number of hydrogen-bond donors (Lipinski definition) is 0. The normalized spacial score (nSPS) is 26.7. The Hall–Kier alpha value is -1.80. The number of hydrogen-bond acceptors (Lipinski definition) is 6. The van der Waals surface area contributed by atoms with E-state index in [1.807, 2.05) is 6.92 Å². The molecule has 2 aliphatic heterocycles. The van der Waals surface area contributed by atoms with Crippen LogP contribution in [-0.4, -0.2) is 50.6 Å². The third kappa shape index (κ3) is 3.97. The summed E-state index contributed by atoms with van der Waals surface area (Å²) in [4.78, 5) is 12.9. The molecular weight excluding hydrogens is 394 g/mol. The molecule has 0 radical (unpaired) electrons. The molecule has 8 heteroatoms. The van der Waals surface area contributed by atoms with Crippen molar-refractivity contribution in [2.24, 2.45) is 5.92 Å². The van der Waals surface area contributed by atoms with Crippen molar-refractivity contribution in [2.45, 2.75) is 68.8 Å². The van der Waals surface area contributed by atoms with E-state index < -0.39 is 22.0 Å². The quantitative estimate of drug-likeness (QED) is 0.516.